The van der Waals surface area contributed by atoms with E-state index in [0.717, 1.165) is 18.2 Å². The van der Waals surface area contributed by atoms with Crippen LogP contribution in [0.1, 0.15) is 5.82 Å². The monoisotopic (exact) mass is 488 g/mol. The molecule has 12 heteroatoms. The van der Waals surface area contributed by atoms with Gasteiger partial charge in [-0.25, -0.2) is 28.1 Å². The molecule has 6 rings (SSSR count). The number of aromatic nitrogens is 7. The van der Waals surface area contributed by atoms with E-state index < -0.39 is 23.0 Å². The Morgan fingerprint density at radius 3 is 2.58 bits per heavy atom. The summed E-state index contributed by atoms with van der Waals surface area (Å²) in [5, 5.41) is 6.52. The first-order valence-corrected chi connectivity index (χ1v) is 10.6. The molecule has 6 aromatic rings. The molecule has 0 atom stereocenters. The predicted molar refractivity (Wildman–Crippen MR) is 127 cm³/mol. The van der Waals surface area contributed by atoms with Gasteiger partial charge in [-0.2, -0.15) is 5.10 Å². The van der Waals surface area contributed by atoms with Crippen LogP contribution < -0.4 is 11.3 Å². The number of pyridine rings is 2. The summed E-state index contributed by atoms with van der Waals surface area (Å²) in [5.41, 5.74) is 6.67. The Kier molecular flexibility index (Phi) is 4.64. The highest BCUT2D eigenvalue weighted by Crippen LogP contribution is 2.37. The summed E-state index contributed by atoms with van der Waals surface area (Å²) in [4.78, 5) is 27.4. The van der Waals surface area contributed by atoms with Gasteiger partial charge in [0, 0.05) is 23.4 Å². The Morgan fingerprint density at radius 2 is 1.81 bits per heavy atom. The van der Waals surface area contributed by atoms with Crippen molar-refractivity contribution in [3.8, 4) is 28.2 Å². The number of rotatable bonds is 3. The molecule has 178 valence electrons. The SMILES string of the molecule is Cc1nc2c(-c3ncn[nH]3)cc(-c3ccnc(N)c3F)cc2n1-c1cc(=O)[nH]c2c(F)ccc(F)c12. The zero-order valence-electron chi connectivity index (χ0n) is 18.5. The fraction of sp³-hybridized carbons (Fsp3) is 0.0417. The van der Waals surface area contributed by atoms with E-state index in [9.17, 15) is 13.6 Å². The second kappa shape index (κ2) is 7.77. The van der Waals surface area contributed by atoms with Crippen LogP contribution in [0.5, 0.6) is 0 Å². The zero-order valence-corrected chi connectivity index (χ0v) is 18.5. The molecular weight excluding hydrogens is 473 g/mol. The molecular formula is C24H15F3N8O. The zero-order chi connectivity index (χ0) is 25.1. The number of fused-ring (bicyclic) bond motifs is 2. The number of nitrogens with two attached hydrogens (primary N) is 1. The summed E-state index contributed by atoms with van der Waals surface area (Å²) in [5.74, 6) is -1.81. The number of aromatic amines is 2. The highest BCUT2D eigenvalue weighted by Gasteiger charge is 2.22. The Balaban J connectivity index is 1.77. The largest absolute Gasteiger partial charge is 0.381 e. The van der Waals surface area contributed by atoms with Crippen molar-refractivity contribution in [2.45, 2.75) is 6.92 Å². The summed E-state index contributed by atoms with van der Waals surface area (Å²) in [7, 11) is 0. The van der Waals surface area contributed by atoms with Crippen LogP contribution in [-0.2, 0) is 0 Å². The maximum Gasteiger partial charge on any atom is 0.250 e. The molecule has 36 heavy (non-hydrogen) atoms. The molecule has 4 heterocycles. The highest BCUT2D eigenvalue weighted by molar-refractivity contribution is 5.98. The lowest BCUT2D eigenvalue weighted by Gasteiger charge is -2.13. The standard InChI is InChI=1S/C24H15F3N8O/c1-10-32-21-13(24-30-9-31-34-24)6-11(12-4-5-29-23(28)20(12)27)7-17(21)35(10)16-8-18(36)33-22-15(26)3-2-14(25)19(16)22/h2-9H,1H3,(H2,28,29)(H,33,36)(H,30,31,34). The van der Waals surface area contributed by atoms with Gasteiger partial charge < -0.3 is 10.7 Å². The highest BCUT2D eigenvalue weighted by atomic mass is 19.1. The van der Waals surface area contributed by atoms with Crippen molar-refractivity contribution in [1.29, 1.82) is 0 Å². The molecule has 0 radical (unpaired) electrons. The van der Waals surface area contributed by atoms with Gasteiger partial charge in [0.25, 0.3) is 5.56 Å². The summed E-state index contributed by atoms with van der Waals surface area (Å²) >= 11 is 0. The second-order valence-corrected chi connectivity index (χ2v) is 8.08. The first-order chi connectivity index (χ1) is 17.3. The van der Waals surface area contributed by atoms with Crippen LogP contribution in [0.15, 0.2) is 53.7 Å². The van der Waals surface area contributed by atoms with Gasteiger partial charge in [0.2, 0.25) is 0 Å². The molecule has 4 N–H and O–H groups in total. The minimum Gasteiger partial charge on any atom is -0.381 e. The maximum atomic E-state index is 15.0. The van der Waals surface area contributed by atoms with E-state index in [2.05, 4.69) is 30.1 Å². The van der Waals surface area contributed by atoms with Crippen molar-refractivity contribution in [3.05, 3.63) is 82.6 Å². The van der Waals surface area contributed by atoms with Crippen molar-refractivity contribution in [2.24, 2.45) is 0 Å². The first kappa shape index (κ1) is 21.5. The quantitative estimate of drug-likeness (QED) is 0.345. The number of hydrogen-bond donors (Lipinski definition) is 3. The Labute approximate surface area is 199 Å². The van der Waals surface area contributed by atoms with Crippen molar-refractivity contribution < 1.29 is 13.2 Å². The molecule has 0 aliphatic rings. The van der Waals surface area contributed by atoms with Crippen molar-refractivity contribution in [3.63, 3.8) is 0 Å². The predicted octanol–water partition coefficient (Wildman–Crippen LogP) is 4.02. The third kappa shape index (κ3) is 3.15. The van der Waals surface area contributed by atoms with E-state index in [1.807, 2.05) is 0 Å². The molecule has 0 spiro atoms. The molecule has 0 unspecified atom stereocenters. The summed E-state index contributed by atoms with van der Waals surface area (Å²) < 4.78 is 46.1. The van der Waals surface area contributed by atoms with Gasteiger partial charge >= 0.3 is 0 Å². The van der Waals surface area contributed by atoms with Crippen molar-refractivity contribution >= 4 is 27.8 Å². The van der Waals surface area contributed by atoms with Gasteiger partial charge in [0.15, 0.2) is 17.5 Å². The topological polar surface area (TPSA) is 131 Å². The molecule has 0 saturated heterocycles. The summed E-state index contributed by atoms with van der Waals surface area (Å²) in [6, 6.07) is 7.82. The fourth-order valence-corrected chi connectivity index (χ4v) is 4.41. The molecule has 4 aromatic heterocycles. The minimum absolute atomic E-state index is 0.0705. The molecule has 0 aliphatic carbocycles. The van der Waals surface area contributed by atoms with E-state index in [4.69, 9.17) is 5.73 Å². The van der Waals surface area contributed by atoms with E-state index in [1.165, 1.54) is 23.2 Å². The maximum absolute atomic E-state index is 15.0. The first-order valence-electron chi connectivity index (χ1n) is 10.6. The van der Waals surface area contributed by atoms with Gasteiger partial charge in [0.05, 0.1) is 22.1 Å². The molecule has 0 amide bonds. The smallest absolute Gasteiger partial charge is 0.250 e. The number of aryl methyl sites for hydroxylation is 1. The lowest BCUT2D eigenvalue weighted by atomic mass is 10.0. The number of nitrogen functional groups attached to an aromatic ring is 1. The average Bonchev–Trinajstić information content (AvgIpc) is 3.50. The van der Waals surface area contributed by atoms with Crippen LogP contribution >= 0.6 is 0 Å². The van der Waals surface area contributed by atoms with Gasteiger partial charge in [-0.1, -0.05) is 0 Å². The number of anilines is 1. The summed E-state index contributed by atoms with van der Waals surface area (Å²) in [6.07, 6.45) is 2.68. The molecule has 0 saturated carbocycles. The van der Waals surface area contributed by atoms with Gasteiger partial charge in [-0.3, -0.25) is 14.5 Å². The Hall–Kier alpha value is -5.00. The van der Waals surface area contributed by atoms with Crippen LogP contribution in [0, 0.1) is 24.4 Å². The van der Waals surface area contributed by atoms with Gasteiger partial charge in [-0.05, 0) is 42.8 Å². The number of imidazole rings is 1. The van der Waals surface area contributed by atoms with Gasteiger partial charge in [0.1, 0.15) is 29.3 Å². The number of halogens is 3. The van der Waals surface area contributed by atoms with Gasteiger partial charge in [-0.15, -0.1) is 0 Å². The number of nitrogens with zero attached hydrogens (tertiary/aromatic N) is 5. The van der Waals surface area contributed by atoms with E-state index in [0.29, 0.717) is 33.8 Å². The number of nitrogens with one attached hydrogen (secondary N) is 2. The molecule has 0 aliphatic heterocycles. The molecule has 2 aromatic carbocycles. The average molecular weight is 488 g/mol. The third-order valence-corrected chi connectivity index (χ3v) is 5.94. The Bertz CT molecular complexity index is 1880. The molecule has 9 nitrogen and oxygen atoms in total. The Morgan fingerprint density at radius 1 is 1.00 bits per heavy atom. The minimum atomic E-state index is -0.787. The molecule has 0 bridgehead atoms. The normalized spacial score (nSPS) is 11.6. The van der Waals surface area contributed by atoms with Crippen LogP contribution in [-0.4, -0.2) is 34.7 Å². The van der Waals surface area contributed by atoms with E-state index >= 15 is 4.39 Å². The lowest BCUT2D eigenvalue weighted by molar-refractivity contribution is 0.614. The van der Waals surface area contributed by atoms with Crippen LogP contribution in [0.4, 0.5) is 19.0 Å². The van der Waals surface area contributed by atoms with Crippen molar-refractivity contribution in [1.82, 2.24) is 34.7 Å². The number of benzene rings is 2. The second-order valence-electron chi connectivity index (χ2n) is 8.08. The van der Waals surface area contributed by atoms with E-state index in [-0.39, 0.29) is 28.0 Å². The summed E-state index contributed by atoms with van der Waals surface area (Å²) in [6.45, 7) is 1.65. The van der Waals surface area contributed by atoms with Crippen LogP contribution in [0.25, 0.3) is 50.1 Å². The number of H-pyrrole nitrogens is 2. The molecule has 0 fully saturated rings. The van der Waals surface area contributed by atoms with Crippen LogP contribution in [0.3, 0.4) is 0 Å². The fourth-order valence-electron chi connectivity index (χ4n) is 4.41. The third-order valence-electron chi connectivity index (χ3n) is 5.94. The lowest BCUT2D eigenvalue weighted by Crippen LogP contribution is -2.11. The van der Waals surface area contributed by atoms with Crippen molar-refractivity contribution in [2.75, 3.05) is 5.73 Å². The number of hydrogen-bond acceptors (Lipinski definition) is 6. The van der Waals surface area contributed by atoms with Crippen LogP contribution in [0.2, 0.25) is 0 Å². The van der Waals surface area contributed by atoms with E-state index in [1.54, 1.807) is 19.1 Å².